The second kappa shape index (κ2) is 9.07. The third-order valence-electron chi connectivity index (χ3n) is 4.18. The Morgan fingerprint density at radius 3 is 2.17 bits per heavy atom. The molecule has 0 atom stereocenters. The van der Waals surface area contributed by atoms with Gasteiger partial charge < -0.3 is 10.2 Å². The summed E-state index contributed by atoms with van der Waals surface area (Å²) in [5.74, 6) is -1.42. The van der Waals surface area contributed by atoms with Gasteiger partial charge in [-0.15, -0.1) is 0 Å². The number of amides is 2. The molecule has 0 spiro atoms. The number of anilines is 2. The number of carbonyl (C=O) groups is 2. The van der Waals surface area contributed by atoms with Gasteiger partial charge in [0.1, 0.15) is 5.82 Å². The van der Waals surface area contributed by atoms with E-state index in [9.17, 15) is 14.0 Å². The zero-order valence-corrected chi connectivity index (χ0v) is 16.4. The summed E-state index contributed by atoms with van der Waals surface area (Å²) in [5.41, 5.74) is 1.78. The van der Waals surface area contributed by atoms with Gasteiger partial charge in [0.15, 0.2) is 5.11 Å². The summed E-state index contributed by atoms with van der Waals surface area (Å²) in [5, 5.41) is 5.30. The van der Waals surface area contributed by atoms with Crippen LogP contribution < -0.4 is 15.5 Å². The lowest BCUT2D eigenvalue weighted by atomic mass is 10.1. The van der Waals surface area contributed by atoms with Crippen LogP contribution >= 0.6 is 12.2 Å². The molecular formula is C22H18FN3O2S. The Hall–Kier alpha value is -3.58. The van der Waals surface area contributed by atoms with Gasteiger partial charge in [-0.05, 0) is 60.7 Å². The monoisotopic (exact) mass is 407 g/mol. The van der Waals surface area contributed by atoms with Crippen molar-refractivity contribution in [2.75, 3.05) is 17.3 Å². The first-order chi connectivity index (χ1) is 14.0. The van der Waals surface area contributed by atoms with Gasteiger partial charge in [0.25, 0.3) is 11.8 Å². The highest BCUT2D eigenvalue weighted by molar-refractivity contribution is 7.80. The number of nitrogens with one attached hydrogen (secondary N) is 2. The fourth-order valence-electron chi connectivity index (χ4n) is 2.64. The average molecular weight is 407 g/mol. The zero-order chi connectivity index (χ0) is 20.8. The molecular weight excluding hydrogens is 389 g/mol. The van der Waals surface area contributed by atoms with Crippen molar-refractivity contribution in [3.63, 3.8) is 0 Å². The quantitative estimate of drug-likeness (QED) is 0.636. The van der Waals surface area contributed by atoms with Gasteiger partial charge >= 0.3 is 0 Å². The lowest BCUT2D eigenvalue weighted by Crippen LogP contribution is -2.34. The first-order valence-electron chi connectivity index (χ1n) is 8.76. The molecule has 0 aliphatic carbocycles. The zero-order valence-electron chi connectivity index (χ0n) is 15.6. The number of hydrogen-bond acceptors (Lipinski definition) is 3. The van der Waals surface area contributed by atoms with E-state index in [1.807, 2.05) is 30.3 Å². The van der Waals surface area contributed by atoms with Crippen molar-refractivity contribution in [1.29, 1.82) is 0 Å². The molecule has 29 heavy (non-hydrogen) atoms. The number of thiocarbonyl (C=S) groups is 1. The predicted octanol–water partition coefficient (Wildman–Crippen LogP) is 4.23. The second-order valence-electron chi connectivity index (χ2n) is 6.17. The fraction of sp³-hybridized carbons (Fsp3) is 0.0455. The predicted molar refractivity (Wildman–Crippen MR) is 116 cm³/mol. The van der Waals surface area contributed by atoms with Gasteiger partial charge in [-0.3, -0.25) is 14.9 Å². The molecule has 2 N–H and O–H groups in total. The Kier molecular flexibility index (Phi) is 6.31. The first kappa shape index (κ1) is 20.2. The number of benzene rings is 3. The minimum absolute atomic E-state index is 0.0266. The molecule has 2 amide bonds. The number of para-hydroxylation sites is 1. The smallest absolute Gasteiger partial charge is 0.260 e. The first-order valence-corrected chi connectivity index (χ1v) is 9.16. The summed E-state index contributed by atoms with van der Waals surface area (Å²) in [6.45, 7) is 0. The van der Waals surface area contributed by atoms with E-state index in [0.29, 0.717) is 11.3 Å². The highest BCUT2D eigenvalue weighted by atomic mass is 32.1. The molecule has 7 heteroatoms. The molecule has 0 aliphatic rings. The molecule has 0 saturated carbocycles. The van der Waals surface area contributed by atoms with Crippen molar-refractivity contribution >= 4 is 40.5 Å². The van der Waals surface area contributed by atoms with E-state index in [4.69, 9.17) is 12.2 Å². The van der Waals surface area contributed by atoms with Crippen LogP contribution in [0.1, 0.15) is 20.7 Å². The Morgan fingerprint density at radius 2 is 1.52 bits per heavy atom. The van der Waals surface area contributed by atoms with Gasteiger partial charge in [0, 0.05) is 24.0 Å². The standard InChI is InChI=1S/C22H18FN3O2S/c1-26(17-7-3-2-4-8-17)21(28)15-11-13-16(14-12-15)24-22(29)25-20(27)18-9-5-6-10-19(18)23/h2-14H,1H3,(H2,24,25,27,29). The van der Waals surface area contributed by atoms with Crippen LogP contribution in [-0.4, -0.2) is 24.0 Å². The van der Waals surface area contributed by atoms with Gasteiger partial charge in [-0.1, -0.05) is 30.3 Å². The Bertz CT molecular complexity index is 1040. The molecule has 5 nitrogen and oxygen atoms in total. The van der Waals surface area contributed by atoms with Crippen molar-refractivity contribution in [2.45, 2.75) is 0 Å². The fourth-order valence-corrected chi connectivity index (χ4v) is 2.85. The third kappa shape index (κ3) is 5.03. The summed E-state index contributed by atoms with van der Waals surface area (Å²) in [7, 11) is 1.71. The molecule has 0 radical (unpaired) electrons. The van der Waals surface area contributed by atoms with Crippen LogP contribution in [-0.2, 0) is 0 Å². The van der Waals surface area contributed by atoms with Crippen LogP contribution in [0.25, 0.3) is 0 Å². The highest BCUT2D eigenvalue weighted by Crippen LogP contribution is 2.16. The summed E-state index contributed by atoms with van der Waals surface area (Å²) in [4.78, 5) is 26.2. The van der Waals surface area contributed by atoms with E-state index in [0.717, 1.165) is 5.69 Å². The molecule has 0 saturated heterocycles. The number of carbonyl (C=O) groups excluding carboxylic acids is 2. The summed E-state index contributed by atoms with van der Waals surface area (Å²) in [6.07, 6.45) is 0. The minimum Gasteiger partial charge on any atom is -0.332 e. The summed E-state index contributed by atoms with van der Waals surface area (Å²) < 4.78 is 13.7. The largest absolute Gasteiger partial charge is 0.332 e. The van der Waals surface area contributed by atoms with E-state index >= 15 is 0 Å². The summed E-state index contributed by atoms with van der Waals surface area (Å²) in [6, 6.07) is 21.6. The van der Waals surface area contributed by atoms with E-state index in [1.165, 1.54) is 18.2 Å². The van der Waals surface area contributed by atoms with Crippen LogP contribution in [0.2, 0.25) is 0 Å². The van der Waals surface area contributed by atoms with Crippen LogP contribution in [0, 0.1) is 5.82 Å². The van der Waals surface area contributed by atoms with Crippen LogP contribution in [0.4, 0.5) is 15.8 Å². The highest BCUT2D eigenvalue weighted by Gasteiger charge is 2.14. The van der Waals surface area contributed by atoms with Crippen molar-refractivity contribution in [3.8, 4) is 0 Å². The second-order valence-corrected chi connectivity index (χ2v) is 6.57. The maximum atomic E-state index is 13.7. The third-order valence-corrected chi connectivity index (χ3v) is 4.39. The SMILES string of the molecule is CN(C(=O)c1ccc(NC(=S)NC(=O)c2ccccc2F)cc1)c1ccccc1. The maximum absolute atomic E-state index is 13.7. The number of rotatable bonds is 4. The normalized spacial score (nSPS) is 10.1. The van der Waals surface area contributed by atoms with Crippen molar-refractivity contribution in [3.05, 3.63) is 95.8 Å². The molecule has 146 valence electrons. The number of hydrogen-bond donors (Lipinski definition) is 2. The topological polar surface area (TPSA) is 61.4 Å². The van der Waals surface area contributed by atoms with Crippen LogP contribution in [0.5, 0.6) is 0 Å². The van der Waals surface area contributed by atoms with Crippen LogP contribution in [0.15, 0.2) is 78.9 Å². The molecule has 0 unspecified atom stereocenters. The molecule has 0 fully saturated rings. The molecule has 0 aromatic heterocycles. The number of nitrogens with zero attached hydrogens (tertiary/aromatic N) is 1. The molecule has 3 aromatic carbocycles. The Balaban J connectivity index is 1.61. The van der Waals surface area contributed by atoms with E-state index < -0.39 is 11.7 Å². The van der Waals surface area contributed by atoms with Gasteiger partial charge in [0.05, 0.1) is 5.56 Å². The van der Waals surface area contributed by atoms with Gasteiger partial charge in [-0.25, -0.2) is 4.39 Å². The maximum Gasteiger partial charge on any atom is 0.260 e. The molecule has 0 aliphatic heterocycles. The van der Waals surface area contributed by atoms with E-state index in [1.54, 1.807) is 42.3 Å². The van der Waals surface area contributed by atoms with E-state index in [2.05, 4.69) is 10.6 Å². The van der Waals surface area contributed by atoms with Crippen molar-refractivity contribution < 1.29 is 14.0 Å². The molecule has 3 rings (SSSR count). The van der Waals surface area contributed by atoms with Gasteiger partial charge in [0.2, 0.25) is 0 Å². The van der Waals surface area contributed by atoms with Crippen molar-refractivity contribution in [1.82, 2.24) is 5.32 Å². The van der Waals surface area contributed by atoms with Gasteiger partial charge in [-0.2, -0.15) is 0 Å². The summed E-state index contributed by atoms with van der Waals surface area (Å²) >= 11 is 5.10. The Morgan fingerprint density at radius 1 is 0.897 bits per heavy atom. The van der Waals surface area contributed by atoms with Crippen molar-refractivity contribution in [2.24, 2.45) is 0 Å². The molecule has 0 bridgehead atoms. The lowest BCUT2D eigenvalue weighted by molar-refractivity contribution is 0.0971. The molecule has 3 aromatic rings. The molecule has 0 heterocycles. The lowest BCUT2D eigenvalue weighted by Gasteiger charge is -2.17. The van der Waals surface area contributed by atoms with E-state index in [-0.39, 0.29) is 16.6 Å². The average Bonchev–Trinajstić information content (AvgIpc) is 2.74. The number of halogens is 1. The Labute approximate surface area is 173 Å². The van der Waals surface area contributed by atoms with Crippen LogP contribution in [0.3, 0.4) is 0 Å². The minimum atomic E-state index is -0.642.